The summed E-state index contributed by atoms with van der Waals surface area (Å²) in [5.41, 5.74) is 5.38. The number of hydrogen-bond acceptors (Lipinski definition) is 6. The second kappa shape index (κ2) is 8.36. The molecule has 2 aliphatic rings. The Kier molecular flexibility index (Phi) is 5.89. The number of amidine groups is 1. The standard InChI is InChI=1S/C21H20F4N4O2S/c1-2-11-3-6-16(27-8-11)18(30)28-12-4-5-15(22)13(7-12)20-10-31-17(21(23,24)25)14(20)9-32-19(26)29-20/h3-8,14,17H,2,9-10H2,1H3,(H2,26,29)(H,28,30). The molecule has 170 valence electrons. The van der Waals surface area contributed by atoms with E-state index in [0.29, 0.717) is 0 Å². The molecular formula is C21H20F4N4O2S. The molecule has 2 aromatic rings. The number of rotatable bonds is 4. The average Bonchev–Trinajstić information content (AvgIpc) is 3.15. The Hall–Kier alpha value is -2.66. The number of carbonyl (C=O) groups excluding carboxylic acids is 1. The number of aromatic nitrogens is 1. The molecule has 0 aliphatic carbocycles. The van der Waals surface area contributed by atoms with Crippen LogP contribution in [-0.2, 0) is 16.7 Å². The minimum Gasteiger partial charge on any atom is -0.379 e. The lowest BCUT2D eigenvalue weighted by Gasteiger charge is -2.36. The topological polar surface area (TPSA) is 89.6 Å². The molecule has 32 heavy (non-hydrogen) atoms. The summed E-state index contributed by atoms with van der Waals surface area (Å²) in [7, 11) is 0. The third-order valence-electron chi connectivity index (χ3n) is 5.66. The van der Waals surface area contributed by atoms with Crippen molar-refractivity contribution in [3.05, 3.63) is 59.2 Å². The van der Waals surface area contributed by atoms with E-state index < -0.39 is 42.1 Å². The highest BCUT2D eigenvalue weighted by Crippen LogP contribution is 2.52. The van der Waals surface area contributed by atoms with Gasteiger partial charge in [-0.05, 0) is 36.2 Å². The minimum atomic E-state index is -4.63. The lowest BCUT2D eigenvalue weighted by atomic mass is 9.78. The van der Waals surface area contributed by atoms with Gasteiger partial charge in [0.25, 0.3) is 5.91 Å². The highest BCUT2D eigenvalue weighted by molar-refractivity contribution is 8.13. The van der Waals surface area contributed by atoms with Crippen LogP contribution in [0.2, 0.25) is 0 Å². The zero-order chi connectivity index (χ0) is 23.1. The third kappa shape index (κ3) is 4.06. The zero-order valence-corrected chi connectivity index (χ0v) is 17.8. The van der Waals surface area contributed by atoms with Gasteiger partial charge in [0.15, 0.2) is 11.3 Å². The first-order valence-electron chi connectivity index (χ1n) is 9.87. The van der Waals surface area contributed by atoms with Crippen molar-refractivity contribution in [3.63, 3.8) is 0 Å². The first-order valence-corrected chi connectivity index (χ1v) is 10.9. The summed E-state index contributed by atoms with van der Waals surface area (Å²) in [6, 6.07) is 7.03. The molecule has 3 atom stereocenters. The number of carbonyl (C=O) groups is 1. The number of anilines is 1. The van der Waals surface area contributed by atoms with Crippen molar-refractivity contribution >= 4 is 28.5 Å². The van der Waals surface area contributed by atoms with E-state index in [2.05, 4.69) is 15.3 Å². The number of pyridine rings is 1. The van der Waals surface area contributed by atoms with E-state index in [1.165, 1.54) is 12.1 Å². The van der Waals surface area contributed by atoms with Crippen molar-refractivity contribution in [2.45, 2.75) is 31.2 Å². The maximum atomic E-state index is 14.9. The van der Waals surface area contributed by atoms with Gasteiger partial charge in [-0.3, -0.25) is 9.78 Å². The minimum absolute atomic E-state index is 0.0246. The Morgan fingerprint density at radius 2 is 2.12 bits per heavy atom. The van der Waals surface area contributed by atoms with Crippen LogP contribution in [0.25, 0.3) is 0 Å². The highest BCUT2D eigenvalue weighted by atomic mass is 32.2. The smallest absolute Gasteiger partial charge is 0.379 e. The van der Waals surface area contributed by atoms with Gasteiger partial charge in [-0.1, -0.05) is 24.8 Å². The molecular weight excluding hydrogens is 448 g/mol. The van der Waals surface area contributed by atoms with Crippen molar-refractivity contribution in [3.8, 4) is 0 Å². The Morgan fingerprint density at radius 1 is 1.34 bits per heavy atom. The third-order valence-corrected chi connectivity index (χ3v) is 6.57. The first kappa shape index (κ1) is 22.5. The molecule has 6 nitrogen and oxygen atoms in total. The molecule has 1 saturated heterocycles. The van der Waals surface area contributed by atoms with Crippen LogP contribution in [0.5, 0.6) is 0 Å². The van der Waals surface area contributed by atoms with Gasteiger partial charge in [-0.15, -0.1) is 0 Å². The van der Waals surface area contributed by atoms with Crippen LogP contribution >= 0.6 is 11.8 Å². The number of aryl methyl sites for hydroxylation is 1. The fourth-order valence-corrected chi connectivity index (χ4v) is 5.02. The van der Waals surface area contributed by atoms with E-state index in [1.807, 2.05) is 6.92 Å². The second-order valence-corrected chi connectivity index (χ2v) is 8.66. The molecule has 0 radical (unpaired) electrons. The number of halogens is 4. The van der Waals surface area contributed by atoms with E-state index in [9.17, 15) is 22.4 Å². The molecule has 1 amide bonds. The number of nitrogens with one attached hydrogen (secondary N) is 1. The molecule has 1 aromatic heterocycles. The molecule has 1 fully saturated rings. The normalized spacial score (nSPS) is 25.2. The van der Waals surface area contributed by atoms with Crippen LogP contribution in [0.4, 0.5) is 23.2 Å². The number of ether oxygens (including phenoxy) is 1. The van der Waals surface area contributed by atoms with Gasteiger partial charge >= 0.3 is 6.18 Å². The summed E-state index contributed by atoms with van der Waals surface area (Å²) in [4.78, 5) is 20.9. The van der Waals surface area contributed by atoms with Gasteiger partial charge in [0.05, 0.1) is 6.61 Å². The Morgan fingerprint density at radius 3 is 2.78 bits per heavy atom. The molecule has 0 bridgehead atoms. The number of alkyl halides is 3. The van der Waals surface area contributed by atoms with Crippen LogP contribution in [0.1, 0.15) is 28.5 Å². The first-order chi connectivity index (χ1) is 15.1. The Bertz CT molecular complexity index is 1060. The van der Waals surface area contributed by atoms with Gasteiger partial charge in [-0.25, -0.2) is 9.38 Å². The number of aliphatic imine (C=N–C) groups is 1. The van der Waals surface area contributed by atoms with Crippen LogP contribution in [0.15, 0.2) is 41.5 Å². The maximum absolute atomic E-state index is 14.9. The van der Waals surface area contributed by atoms with E-state index >= 15 is 0 Å². The molecule has 4 rings (SSSR count). The number of nitrogens with two attached hydrogens (primary N) is 1. The molecule has 3 unspecified atom stereocenters. The molecule has 0 saturated carbocycles. The van der Waals surface area contributed by atoms with Gasteiger partial charge in [-0.2, -0.15) is 13.2 Å². The number of hydrogen-bond donors (Lipinski definition) is 2. The number of amides is 1. The Balaban J connectivity index is 1.68. The number of thioether (sulfide) groups is 1. The maximum Gasteiger partial charge on any atom is 0.415 e. The summed E-state index contributed by atoms with van der Waals surface area (Å²) in [5.74, 6) is -2.47. The fourth-order valence-electron chi connectivity index (χ4n) is 3.99. The quantitative estimate of drug-likeness (QED) is 0.665. The van der Waals surface area contributed by atoms with Crippen LogP contribution in [-0.4, -0.2) is 40.7 Å². The number of fused-ring (bicyclic) bond motifs is 1. The summed E-state index contributed by atoms with van der Waals surface area (Å²) in [6.07, 6.45) is -4.38. The van der Waals surface area contributed by atoms with E-state index in [0.717, 1.165) is 29.8 Å². The van der Waals surface area contributed by atoms with Crippen molar-refractivity contribution < 1.29 is 27.1 Å². The molecule has 2 aliphatic heterocycles. The predicted molar refractivity (Wildman–Crippen MR) is 113 cm³/mol. The second-order valence-electron chi connectivity index (χ2n) is 7.62. The summed E-state index contributed by atoms with van der Waals surface area (Å²) >= 11 is 0.976. The molecule has 3 heterocycles. The van der Waals surface area contributed by atoms with Crippen molar-refractivity contribution in [1.29, 1.82) is 0 Å². The van der Waals surface area contributed by atoms with E-state index in [1.54, 1.807) is 18.3 Å². The number of nitrogens with zero attached hydrogens (tertiary/aromatic N) is 2. The van der Waals surface area contributed by atoms with Gasteiger partial charge in [0, 0.05) is 29.1 Å². The number of benzene rings is 1. The summed E-state index contributed by atoms with van der Waals surface area (Å²) in [6.45, 7) is 1.48. The van der Waals surface area contributed by atoms with Crippen LogP contribution in [0.3, 0.4) is 0 Å². The fraction of sp³-hybridized carbons (Fsp3) is 0.381. The lowest BCUT2D eigenvalue weighted by molar-refractivity contribution is -0.215. The molecule has 1 aromatic carbocycles. The molecule has 3 N–H and O–H groups in total. The zero-order valence-electron chi connectivity index (χ0n) is 16.9. The van der Waals surface area contributed by atoms with E-state index in [-0.39, 0.29) is 27.9 Å². The van der Waals surface area contributed by atoms with Crippen LogP contribution < -0.4 is 11.1 Å². The average molecular weight is 468 g/mol. The lowest BCUT2D eigenvalue weighted by Crippen LogP contribution is -2.46. The largest absolute Gasteiger partial charge is 0.415 e. The van der Waals surface area contributed by atoms with Gasteiger partial charge in [0.1, 0.15) is 17.1 Å². The van der Waals surface area contributed by atoms with Crippen LogP contribution in [0, 0.1) is 11.7 Å². The SMILES string of the molecule is CCc1ccc(C(=O)Nc2ccc(F)c(C34COC(C(F)(F)F)C3CSC(N)=N4)c2)nc1. The highest BCUT2D eigenvalue weighted by Gasteiger charge is 2.62. The van der Waals surface area contributed by atoms with Crippen molar-refractivity contribution in [2.24, 2.45) is 16.6 Å². The molecule has 0 spiro atoms. The summed E-state index contributed by atoms with van der Waals surface area (Å²) in [5, 5.41) is 2.67. The van der Waals surface area contributed by atoms with E-state index in [4.69, 9.17) is 10.5 Å². The van der Waals surface area contributed by atoms with Gasteiger partial charge in [0.2, 0.25) is 0 Å². The summed E-state index contributed by atoms with van der Waals surface area (Å²) < 4.78 is 60.6. The Labute approximate surface area is 185 Å². The predicted octanol–water partition coefficient (Wildman–Crippen LogP) is 3.87. The monoisotopic (exact) mass is 468 g/mol. The molecule has 11 heteroatoms. The van der Waals surface area contributed by atoms with Crippen molar-refractivity contribution in [1.82, 2.24) is 4.98 Å². The van der Waals surface area contributed by atoms with Crippen molar-refractivity contribution in [2.75, 3.05) is 17.7 Å². The van der Waals surface area contributed by atoms with Gasteiger partial charge < -0.3 is 15.8 Å².